The van der Waals surface area contributed by atoms with Gasteiger partial charge in [0.15, 0.2) is 0 Å². The third-order valence-corrected chi connectivity index (χ3v) is 3.32. The molecule has 1 aromatic rings. The number of anilines is 1. The number of hydrogen-bond acceptors (Lipinski definition) is 2. The van der Waals surface area contributed by atoms with Crippen molar-refractivity contribution in [2.75, 3.05) is 5.32 Å². The maximum absolute atomic E-state index is 11.8. The highest BCUT2D eigenvalue weighted by Gasteiger charge is 2.31. The van der Waals surface area contributed by atoms with Crippen LogP contribution in [0.5, 0.6) is 0 Å². The van der Waals surface area contributed by atoms with Crippen LogP contribution < -0.4 is 11.1 Å². The largest absolute Gasteiger partial charge is 0.328 e. The Morgan fingerprint density at radius 1 is 1.31 bits per heavy atom. The van der Waals surface area contributed by atoms with E-state index in [4.69, 9.17) is 5.73 Å². The molecule has 0 spiro atoms. The summed E-state index contributed by atoms with van der Waals surface area (Å²) >= 11 is 0. The first kappa shape index (κ1) is 11.1. The molecule has 0 unspecified atom stereocenters. The Bertz CT molecular complexity index is 408. The van der Waals surface area contributed by atoms with Gasteiger partial charge in [-0.1, -0.05) is 6.07 Å². The first-order chi connectivity index (χ1) is 7.56. The van der Waals surface area contributed by atoms with Crippen LogP contribution >= 0.6 is 0 Å². The maximum Gasteiger partial charge on any atom is 0.227 e. The molecule has 16 heavy (non-hydrogen) atoms. The smallest absolute Gasteiger partial charge is 0.227 e. The predicted octanol–water partition coefficient (Wildman–Crippen LogP) is 1.98. The molecule has 0 aliphatic heterocycles. The van der Waals surface area contributed by atoms with E-state index in [1.54, 1.807) is 0 Å². The number of benzene rings is 1. The van der Waals surface area contributed by atoms with E-state index in [1.165, 1.54) is 11.1 Å². The second kappa shape index (κ2) is 4.26. The van der Waals surface area contributed by atoms with Gasteiger partial charge in [0.25, 0.3) is 0 Å². The maximum atomic E-state index is 11.8. The number of aryl methyl sites for hydroxylation is 2. The van der Waals surface area contributed by atoms with Gasteiger partial charge in [0.1, 0.15) is 0 Å². The fourth-order valence-electron chi connectivity index (χ4n) is 1.94. The SMILES string of the molecule is Cc1ccc(NC(=O)C2CC(N)C2)cc1C. The average Bonchev–Trinajstić information content (AvgIpc) is 2.19. The molecular weight excluding hydrogens is 200 g/mol. The minimum Gasteiger partial charge on any atom is -0.328 e. The van der Waals surface area contributed by atoms with Crippen molar-refractivity contribution in [2.45, 2.75) is 32.7 Å². The molecule has 0 saturated heterocycles. The van der Waals surface area contributed by atoms with E-state index >= 15 is 0 Å². The lowest BCUT2D eigenvalue weighted by molar-refractivity contribution is -0.122. The second-order valence-electron chi connectivity index (χ2n) is 4.72. The van der Waals surface area contributed by atoms with Crippen molar-refractivity contribution < 1.29 is 4.79 Å². The van der Waals surface area contributed by atoms with Crippen molar-refractivity contribution in [1.29, 1.82) is 0 Å². The Labute approximate surface area is 96.0 Å². The molecule has 86 valence electrons. The van der Waals surface area contributed by atoms with Gasteiger partial charge in [0.2, 0.25) is 5.91 Å². The lowest BCUT2D eigenvalue weighted by Gasteiger charge is -2.31. The van der Waals surface area contributed by atoms with Gasteiger partial charge < -0.3 is 11.1 Å². The van der Waals surface area contributed by atoms with Gasteiger partial charge in [0, 0.05) is 17.6 Å². The van der Waals surface area contributed by atoms with Crippen LogP contribution in [-0.2, 0) is 4.79 Å². The quantitative estimate of drug-likeness (QED) is 0.797. The van der Waals surface area contributed by atoms with Crippen LogP contribution in [0.3, 0.4) is 0 Å². The number of nitrogens with one attached hydrogen (secondary N) is 1. The fourth-order valence-corrected chi connectivity index (χ4v) is 1.94. The zero-order valence-electron chi connectivity index (χ0n) is 9.79. The van der Waals surface area contributed by atoms with E-state index in [1.807, 2.05) is 25.1 Å². The molecule has 0 heterocycles. The van der Waals surface area contributed by atoms with Crippen molar-refractivity contribution in [1.82, 2.24) is 0 Å². The zero-order chi connectivity index (χ0) is 11.7. The van der Waals surface area contributed by atoms with Crippen LogP contribution in [-0.4, -0.2) is 11.9 Å². The second-order valence-corrected chi connectivity index (χ2v) is 4.72. The van der Waals surface area contributed by atoms with Crippen molar-refractivity contribution in [2.24, 2.45) is 11.7 Å². The molecule has 3 nitrogen and oxygen atoms in total. The van der Waals surface area contributed by atoms with Gasteiger partial charge in [-0.3, -0.25) is 4.79 Å². The molecule has 1 aromatic carbocycles. The molecule has 0 radical (unpaired) electrons. The minimum absolute atomic E-state index is 0.102. The third-order valence-electron chi connectivity index (χ3n) is 3.32. The number of hydrogen-bond donors (Lipinski definition) is 2. The summed E-state index contributed by atoms with van der Waals surface area (Å²) in [5.41, 5.74) is 8.98. The van der Waals surface area contributed by atoms with Gasteiger partial charge in [0.05, 0.1) is 0 Å². The van der Waals surface area contributed by atoms with Gasteiger partial charge >= 0.3 is 0 Å². The van der Waals surface area contributed by atoms with Crippen LogP contribution in [0.4, 0.5) is 5.69 Å². The van der Waals surface area contributed by atoms with Crippen LogP contribution in [0.25, 0.3) is 0 Å². The number of carbonyl (C=O) groups excluding carboxylic acids is 1. The number of amides is 1. The molecule has 1 fully saturated rings. The van der Waals surface area contributed by atoms with E-state index in [0.717, 1.165) is 18.5 Å². The number of rotatable bonds is 2. The molecule has 0 bridgehead atoms. The Kier molecular flexibility index (Phi) is 2.97. The van der Waals surface area contributed by atoms with Crippen molar-refractivity contribution >= 4 is 11.6 Å². The molecular formula is C13H18N2O. The minimum atomic E-state index is 0.102. The van der Waals surface area contributed by atoms with E-state index in [-0.39, 0.29) is 17.9 Å². The molecule has 3 N–H and O–H groups in total. The summed E-state index contributed by atoms with van der Waals surface area (Å²) < 4.78 is 0. The van der Waals surface area contributed by atoms with E-state index in [2.05, 4.69) is 12.2 Å². The Morgan fingerprint density at radius 3 is 2.56 bits per heavy atom. The lowest BCUT2D eigenvalue weighted by atomic mass is 9.80. The molecule has 1 amide bonds. The summed E-state index contributed by atoms with van der Waals surface area (Å²) in [7, 11) is 0. The zero-order valence-corrected chi connectivity index (χ0v) is 9.79. The van der Waals surface area contributed by atoms with Gasteiger partial charge in [-0.05, 0) is 49.9 Å². The molecule has 3 heteroatoms. The monoisotopic (exact) mass is 218 g/mol. The van der Waals surface area contributed by atoms with Crippen LogP contribution in [0.1, 0.15) is 24.0 Å². The van der Waals surface area contributed by atoms with Crippen molar-refractivity contribution in [3.05, 3.63) is 29.3 Å². The van der Waals surface area contributed by atoms with Gasteiger partial charge in [-0.2, -0.15) is 0 Å². The summed E-state index contributed by atoms with van der Waals surface area (Å²) in [6.45, 7) is 4.11. The normalized spacial score (nSPS) is 23.7. The summed E-state index contributed by atoms with van der Waals surface area (Å²) in [6, 6.07) is 6.19. The highest BCUT2D eigenvalue weighted by atomic mass is 16.1. The van der Waals surface area contributed by atoms with E-state index in [9.17, 15) is 4.79 Å². The Balaban J connectivity index is 1.98. The molecule has 2 rings (SSSR count). The van der Waals surface area contributed by atoms with Crippen molar-refractivity contribution in [3.8, 4) is 0 Å². The standard InChI is InChI=1S/C13H18N2O/c1-8-3-4-12(5-9(8)2)15-13(16)10-6-11(14)7-10/h3-5,10-11H,6-7,14H2,1-2H3,(H,15,16). The number of nitrogens with two attached hydrogens (primary N) is 1. The third kappa shape index (κ3) is 2.25. The summed E-state index contributed by atoms with van der Waals surface area (Å²) in [4.78, 5) is 11.8. The summed E-state index contributed by atoms with van der Waals surface area (Å²) in [5.74, 6) is 0.210. The highest BCUT2D eigenvalue weighted by Crippen LogP contribution is 2.27. The Morgan fingerprint density at radius 2 is 2.00 bits per heavy atom. The highest BCUT2D eigenvalue weighted by molar-refractivity contribution is 5.93. The van der Waals surface area contributed by atoms with Crippen LogP contribution in [0, 0.1) is 19.8 Å². The molecule has 1 aliphatic carbocycles. The first-order valence-electron chi connectivity index (χ1n) is 5.70. The molecule has 0 aromatic heterocycles. The van der Waals surface area contributed by atoms with Gasteiger partial charge in [-0.25, -0.2) is 0 Å². The van der Waals surface area contributed by atoms with Crippen molar-refractivity contribution in [3.63, 3.8) is 0 Å². The average molecular weight is 218 g/mol. The molecule has 1 saturated carbocycles. The van der Waals surface area contributed by atoms with Gasteiger partial charge in [-0.15, -0.1) is 0 Å². The molecule has 1 aliphatic rings. The van der Waals surface area contributed by atoms with E-state index in [0.29, 0.717) is 0 Å². The van der Waals surface area contributed by atoms with Crippen LogP contribution in [0.15, 0.2) is 18.2 Å². The number of carbonyl (C=O) groups is 1. The lowest BCUT2D eigenvalue weighted by Crippen LogP contribution is -2.42. The fraction of sp³-hybridized carbons (Fsp3) is 0.462. The molecule has 0 atom stereocenters. The Hall–Kier alpha value is -1.35. The topological polar surface area (TPSA) is 55.1 Å². The predicted molar refractivity (Wildman–Crippen MR) is 65.2 cm³/mol. The summed E-state index contributed by atoms with van der Waals surface area (Å²) in [5, 5.41) is 2.94. The summed E-state index contributed by atoms with van der Waals surface area (Å²) in [6.07, 6.45) is 1.63. The van der Waals surface area contributed by atoms with Crippen LogP contribution in [0.2, 0.25) is 0 Å². The first-order valence-corrected chi connectivity index (χ1v) is 5.70. The van der Waals surface area contributed by atoms with E-state index < -0.39 is 0 Å².